The Kier molecular flexibility index (Phi) is 5.85. The van der Waals surface area contributed by atoms with E-state index in [-0.39, 0.29) is 18.3 Å². The lowest BCUT2D eigenvalue weighted by Crippen LogP contribution is -2.22. The van der Waals surface area contributed by atoms with E-state index in [9.17, 15) is 4.79 Å². The van der Waals surface area contributed by atoms with Gasteiger partial charge in [-0.2, -0.15) is 5.10 Å². The number of aromatic nitrogens is 2. The smallest absolute Gasteiger partial charge is 0.287 e. The molecule has 0 saturated heterocycles. The summed E-state index contributed by atoms with van der Waals surface area (Å²) >= 11 is 11.9. The number of halogens is 2. The zero-order valence-electron chi connectivity index (χ0n) is 14.0. The van der Waals surface area contributed by atoms with Crippen LogP contribution >= 0.6 is 23.2 Å². The molecular formula is C18H17Cl2N3O3. The Morgan fingerprint density at radius 2 is 2.12 bits per heavy atom. The number of ether oxygens (including phenoxy) is 1. The van der Waals surface area contributed by atoms with E-state index in [1.807, 2.05) is 19.2 Å². The summed E-state index contributed by atoms with van der Waals surface area (Å²) in [7, 11) is 0. The van der Waals surface area contributed by atoms with Gasteiger partial charge in [-0.15, -0.1) is 0 Å². The quantitative estimate of drug-likeness (QED) is 0.648. The lowest BCUT2D eigenvalue weighted by atomic mass is 10.3. The molecule has 0 aliphatic rings. The molecule has 0 bridgehead atoms. The SMILES string of the molecule is CCn1ccc(CNC(=O)c2ccc(COc3ccc(Cl)cc3Cl)o2)n1. The first-order valence-electron chi connectivity index (χ1n) is 8.02. The summed E-state index contributed by atoms with van der Waals surface area (Å²) in [5.41, 5.74) is 0.785. The number of furan rings is 1. The maximum atomic E-state index is 12.2. The van der Waals surface area contributed by atoms with E-state index in [1.54, 1.807) is 35.0 Å². The molecule has 0 aliphatic carbocycles. The fraction of sp³-hybridized carbons (Fsp3) is 0.222. The molecule has 2 aromatic heterocycles. The highest BCUT2D eigenvalue weighted by molar-refractivity contribution is 6.35. The molecule has 3 rings (SSSR count). The van der Waals surface area contributed by atoms with Crippen molar-refractivity contribution in [3.63, 3.8) is 0 Å². The van der Waals surface area contributed by atoms with E-state index < -0.39 is 0 Å². The minimum absolute atomic E-state index is 0.148. The molecule has 136 valence electrons. The number of rotatable bonds is 7. The van der Waals surface area contributed by atoms with Crippen molar-refractivity contribution in [3.8, 4) is 5.75 Å². The molecule has 0 fully saturated rings. The van der Waals surface area contributed by atoms with Crippen molar-refractivity contribution in [1.82, 2.24) is 15.1 Å². The van der Waals surface area contributed by atoms with Gasteiger partial charge in [0.1, 0.15) is 18.1 Å². The van der Waals surface area contributed by atoms with Crippen molar-refractivity contribution in [3.05, 3.63) is 69.9 Å². The van der Waals surface area contributed by atoms with Crippen LogP contribution in [0, 0.1) is 0 Å². The summed E-state index contributed by atoms with van der Waals surface area (Å²) in [6.07, 6.45) is 1.87. The molecule has 2 heterocycles. The lowest BCUT2D eigenvalue weighted by Gasteiger charge is -2.06. The van der Waals surface area contributed by atoms with Crippen molar-refractivity contribution in [2.24, 2.45) is 0 Å². The first kappa shape index (κ1) is 18.4. The second kappa shape index (κ2) is 8.29. The number of hydrogen-bond donors (Lipinski definition) is 1. The molecule has 0 unspecified atom stereocenters. The minimum Gasteiger partial charge on any atom is -0.484 e. The number of carbonyl (C=O) groups excluding carboxylic acids is 1. The summed E-state index contributed by atoms with van der Waals surface area (Å²) < 4.78 is 12.9. The number of hydrogen-bond acceptors (Lipinski definition) is 4. The second-order valence-corrected chi connectivity index (χ2v) is 6.32. The predicted molar refractivity (Wildman–Crippen MR) is 98.6 cm³/mol. The highest BCUT2D eigenvalue weighted by Gasteiger charge is 2.12. The van der Waals surface area contributed by atoms with E-state index in [4.69, 9.17) is 32.4 Å². The molecule has 0 atom stereocenters. The number of amides is 1. The van der Waals surface area contributed by atoms with Gasteiger partial charge in [0.15, 0.2) is 5.76 Å². The zero-order valence-corrected chi connectivity index (χ0v) is 15.5. The topological polar surface area (TPSA) is 69.3 Å². The molecule has 1 N–H and O–H groups in total. The van der Waals surface area contributed by atoms with E-state index >= 15 is 0 Å². The minimum atomic E-state index is -0.313. The third kappa shape index (κ3) is 4.59. The van der Waals surface area contributed by atoms with E-state index in [2.05, 4.69) is 10.4 Å². The van der Waals surface area contributed by atoms with Gasteiger partial charge < -0.3 is 14.5 Å². The van der Waals surface area contributed by atoms with Crippen LogP contribution in [0.5, 0.6) is 5.75 Å². The molecule has 0 spiro atoms. The summed E-state index contributed by atoms with van der Waals surface area (Å²) in [6.45, 7) is 3.26. The van der Waals surface area contributed by atoms with E-state index in [0.29, 0.717) is 28.1 Å². The average Bonchev–Trinajstić information content (AvgIpc) is 3.28. The summed E-state index contributed by atoms with van der Waals surface area (Å²) in [5.74, 6) is 0.897. The maximum Gasteiger partial charge on any atom is 0.287 e. The third-order valence-corrected chi connectivity index (χ3v) is 4.13. The van der Waals surface area contributed by atoms with Gasteiger partial charge in [0.05, 0.1) is 17.3 Å². The summed E-state index contributed by atoms with van der Waals surface area (Å²) in [5, 5.41) is 8.02. The number of carbonyl (C=O) groups is 1. The Bertz CT molecular complexity index is 905. The van der Waals surface area contributed by atoms with Crippen LogP contribution < -0.4 is 10.1 Å². The molecule has 26 heavy (non-hydrogen) atoms. The number of benzene rings is 1. The Morgan fingerprint density at radius 1 is 1.27 bits per heavy atom. The molecule has 6 nitrogen and oxygen atoms in total. The Morgan fingerprint density at radius 3 is 2.85 bits per heavy atom. The third-order valence-electron chi connectivity index (χ3n) is 3.60. The lowest BCUT2D eigenvalue weighted by molar-refractivity contribution is 0.0918. The molecule has 1 aromatic carbocycles. The maximum absolute atomic E-state index is 12.2. The molecule has 0 aliphatic heterocycles. The zero-order chi connectivity index (χ0) is 18.5. The Balaban J connectivity index is 1.54. The first-order valence-corrected chi connectivity index (χ1v) is 8.78. The normalized spacial score (nSPS) is 10.7. The van der Waals surface area contributed by atoms with Gasteiger partial charge in [0, 0.05) is 17.8 Å². The number of nitrogens with one attached hydrogen (secondary N) is 1. The molecular weight excluding hydrogens is 377 g/mol. The van der Waals surface area contributed by atoms with Gasteiger partial charge in [-0.05, 0) is 43.3 Å². The highest BCUT2D eigenvalue weighted by atomic mass is 35.5. The van der Waals surface area contributed by atoms with Crippen LogP contribution in [-0.2, 0) is 19.7 Å². The van der Waals surface area contributed by atoms with Crippen molar-refractivity contribution in [1.29, 1.82) is 0 Å². The van der Waals surface area contributed by atoms with Crippen molar-refractivity contribution in [2.75, 3.05) is 0 Å². The van der Waals surface area contributed by atoms with Crippen LogP contribution in [-0.4, -0.2) is 15.7 Å². The van der Waals surface area contributed by atoms with Crippen LogP contribution in [0.25, 0.3) is 0 Å². The summed E-state index contributed by atoms with van der Waals surface area (Å²) in [4.78, 5) is 12.2. The average molecular weight is 394 g/mol. The van der Waals surface area contributed by atoms with Gasteiger partial charge in [-0.1, -0.05) is 23.2 Å². The second-order valence-electron chi connectivity index (χ2n) is 5.47. The molecule has 3 aromatic rings. The molecule has 1 amide bonds. The van der Waals surface area contributed by atoms with Gasteiger partial charge in [-0.25, -0.2) is 0 Å². The monoisotopic (exact) mass is 393 g/mol. The summed E-state index contributed by atoms with van der Waals surface area (Å²) in [6, 6.07) is 10.1. The predicted octanol–water partition coefficient (Wildman–Crippen LogP) is 4.31. The van der Waals surface area contributed by atoms with Gasteiger partial charge in [0.25, 0.3) is 5.91 Å². The van der Waals surface area contributed by atoms with Gasteiger partial charge in [-0.3, -0.25) is 9.48 Å². The highest BCUT2D eigenvalue weighted by Crippen LogP contribution is 2.28. The van der Waals surface area contributed by atoms with Gasteiger partial charge in [0.2, 0.25) is 0 Å². The molecule has 8 heteroatoms. The van der Waals surface area contributed by atoms with Crippen molar-refractivity contribution in [2.45, 2.75) is 26.6 Å². The van der Waals surface area contributed by atoms with Crippen LogP contribution in [0.15, 0.2) is 47.0 Å². The number of nitrogens with zero attached hydrogens (tertiary/aromatic N) is 2. The largest absolute Gasteiger partial charge is 0.484 e. The van der Waals surface area contributed by atoms with Crippen LogP contribution in [0.1, 0.15) is 28.9 Å². The Hall–Kier alpha value is -2.44. The standard InChI is InChI=1S/C18H17Cl2N3O3/c1-2-23-8-7-13(22-23)10-21-18(24)17-6-4-14(26-17)11-25-16-5-3-12(19)9-15(16)20/h3-9H,2,10-11H2,1H3,(H,21,24). The molecule has 0 saturated carbocycles. The van der Waals surface area contributed by atoms with Crippen LogP contribution in [0.4, 0.5) is 0 Å². The number of aryl methyl sites for hydroxylation is 1. The molecule has 0 radical (unpaired) electrons. The fourth-order valence-corrected chi connectivity index (χ4v) is 2.71. The van der Waals surface area contributed by atoms with Crippen molar-refractivity contribution >= 4 is 29.1 Å². The van der Waals surface area contributed by atoms with Crippen molar-refractivity contribution < 1.29 is 13.9 Å². The van der Waals surface area contributed by atoms with E-state index in [0.717, 1.165) is 12.2 Å². The van der Waals surface area contributed by atoms with Gasteiger partial charge >= 0.3 is 0 Å². The van der Waals surface area contributed by atoms with E-state index in [1.165, 1.54) is 0 Å². The fourth-order valence-electron chi connectivity index (χ4n) is 2.25. The van der Waals surface area contributed by atoms with Crippen LogP contribution in [0.2, 0.25) is 10.0 Å². The van der Waals surface area contributed by atoms with Crippen LogP contribution in [0.3, 0.4) is 0 Å². The Labute approximate surface area is 160 Å². The first-order chi connectivity index (χ1) is 12.5.